The van der Waals surface area contributed by atoms with Crippen molar-refractivity contribution in [1.29, 1.82) is 0 Å². The minimum absolute atomic E-state index is 0.0772. The largest absolute Gasteiger partial charge is 0.497 e. The first-order chi connectivity index (χ1) is 12.2. The molecule has 1 aliphatic rings. The molecule has 0 radical (unpaired) electrons. The number of hydrogen-bond acceptors (Lipinski definition) is 4. The van der Waals surface area contributed by atoms with Crippen molar-refractivity contribution in [3.8, 4) is 11.5 Å². The van der Waals surface area contributed by atoms with Crippen molar-refractivity contribution in [2.45, 2.75) is 6.92 Å². The monoisotopic (exact) mass is 340 g/mol. The predicted molar refractivity (Wildman–Crippen MR) is 98.7 cm³/mol. The SMILES string of the molecule is CCOc1ccc(C(=O)N2CCN(c3cccc(OC)c3)CC2)cc1. The topological polar surface area (TPSA) is 42.0 Å². The number of anilines is 1. The van der Waals surface area contributed by atoms with E-state index in [0.717, 1.165) is 30.3 Å². The van der Waals surface area contributed by atoms with Crippen LogP contribution in [0.15, 0.2) is 48.5 Å². The summed E-state index contributed by atoms with van der Waals surface area (Å²) in [4.78, 5) is 16.9. The van der Waals surface area contributed by atoms with Crippen LogP contribution in [0.5, 0.6) is 11.5 Å². The smallest absolute Gasteiger partial charge is 0.253 e. The molecule has 132 valence electrons. The van der Waals surface area contributed by atoms with Gasteiger partial charge in [-0.05, 0) is 43.3 Å². The molecule has 0 aliphatic carbocycles. The van der Waals surface area contributed by atoms with Crippen molar-refractivity contribution in [3.05, 3.63) is 54.1 Å². The Morgan fingerprint density at radius 2 is 1.72 bits per heavy atom. The van der Waals surface area contributed by atoms with Gasteiger partial charge >= 0.3 is 0 Å². The van der Waals surface area contributed by atoms with Crippen LogP contribution in [0, 0.1) is 0 Å². The normalized spacial score (nSPS) is 14.3. The third-order valence-corrected chi connectivity index (χ3v) is 4.40. The first kappa shape index (κ1) is 17.1. The second-order valence-electron chi connectivity index (χ2n) is 5.94. The lowest BCUT2D eigenvalue weighted by molar-refractivity contribution is 0.0746. The lowest BCUT2D eigenvalue weighted by Gasteiger charge is -2.36. The highest BCUT2D eigenvalue weighted by molar-refractivity contribution is 5.94. The third-order valence-electron chi connectivity index (χ3n) is 4.40. The molecule has 0 saturated carbocycles. The summed E-state index contributed by atoms with van der Waals surface area (Å²) in [7, 11) is 1.67. The number of nitrogens with zero attached hydrogens (tertiary/aromatic N) is 2. The Morgan fingerprint density at radius 1 is 1.00 bits per heavy atom. The average Bonchev–Trinajstić information content (AvgIpc) is 2.68. The fourth-order valence-corrected chi connectivity index (χ4v) is 3.02. The molecule has 0 N–H and O–H groups in total. The number of benzene rings is 2. The summed E-state index contributed by atoms with van der Waals surface area (Å²) in [6.07, 6.45) is 0. The summed E-state index contributed by atoms with van der Waals surface area (Å²) in [5, 5.41) is 0. The molecule has 1 heterocycles. The number of amides is 1. The van der Waals surface area contributed by atoms with Crippen LogP contribution in [0.3, 0.4) is 0 Å². The predicted octanol–water partition coefficient (Wildman–Crippen LogP) is 3.06. The maximum absolute atomic E-state index is 12.7. The highest BCUT2D eigenvalue weighted by Crippen LogP contribution is 2.22. The summed E-state index contributed by atoms with van der Waals surface area (Å²) in [5.74, 6) is 1.72. The number of piperazine rings is 1. The molecular formula is C20H24N2O3. The number of carbonyl (C=O) groups is 1. The molecule has 3 rings (SSSR count). The molecule has 25 heavy (non-hydrogen) atoms. The van der Waals surface area contributed by atoms with Gasteiger partial charge in [0.2, 0.25) is 0 Å². The van der Waals surface area contributed by atoms with Gasteiger partial charge in [-0.2, -0.15) is 0 Å². The standard InChI is InChI=1S/C20H24N2O3/c1-3-25-18-9-7-16(8-10-18)20(23)22-13-11-21(12-14-22)17-5-4-6-19(15-17)24-2/h4-10,15H,3,11-14H2,1-2H3. The van der Waals surface area contributed by atoms with E-state index in [-0.39, 0.29) is 5.91 Å². The van der Waals surface area contributed by atoms with Crippen LogP contribution in [-0.4, -0.2) is 50.7 Å². The zero-order valence-electron chi connectivity index (χ0n) is 14.8. The number of carbonyl (C=O) groups excluding carboxylic acids is 1. The minimum Gasteiger partial charge on any atom is -0.497 e. The molecule has 0 atom stereocenters. The summed E-state index contributed by atoms with van der Waals surface area (Å²) in [6.45, 7) is 5.62. The van der Waals surface area contributed by atoms with Crippen molar-refractivity contribution < 1.29 is 14.3 Å². The molecule has 0 bridgehead atoms. The van der Waals surface area contributed by atoms with Crippen molar-refractivity contribution in [1.82, 2.24) is 4.90 Å². The van der Waals surface area contributed by atoms with Gasteiger partial charge in [0, 0.05) is 43.5 Å². The zero-order chi connectivity index (χ0) is 17.6. The quantitative estimate of drug-likeness (QED) is 0.839. The van der Waals surface area contributed by atoms with Gasteiger partial charge in [0.1, 0.15) is 11.5 Å². The van der Waals surface area contributed by atoms with E-state index in [0.29, 0.717) is 25.3 Å². The Kier molecular flexibility index (Phi) is 5.43. The molecular weight excluding hydrogens is 316 g/mol. The Bertz CT molecular complexity index is 707. The van der Waals surface area contributed by atoms with Gasteiger partial charge in [0.25, 0.3) is 5.91 Å². The molecule has 0 spiro atoms. The van der Waals surface area contributed by atoms with Gasteiger partial charge in [-0.1, -0.05) is 6.07 Å². The van der Waals surface area contributed by atoms with Gasteiger partial charge in [0.15, 0.2) is 0 Å². The maximum atomic E-state index is 12.7. The van der Waals surface area contributed by atoms with Crippen molar-refractivity contribution in [2.24, 2.45) is 0 Å². The first-order valence-corrected chi connectivity index (χ1v) is 8.62. The molecule has 0 aromatic heterocycles. The second-order valence-corrected chi connectivity index (χ2v) is 5.94. The van der Waals surface area contributed by atoms with E-state index >= 15 is 0 Å². The summed E-state index contributed by atoms with van der Waals surface area (Å²) >= 11 is 0. The summed E-state index contributed by atoms with van der Waals surface area (Å²) < 4.78 is 10.7. The Balaban J connectivity index is 1.60. The summed E-state index contributed by atoms with van der Waals surface area (Å²) in [5.41, 5.74) is 1.84. The van der Waals surface area contributed by atoms with Crippen LogP contribution < -0.4 is 14.4 Å². The van der Waals surface area contributed by atoms with E-state index in [1.54, 1.807) is 7.11 Å². The van der Waals surface area contributed by atoms with Crippen LogP contribution in [0.2, 0.25) is 0 Å². The van der Waals surface area contributed by atoms with Gasteiger partial charge < -0.3 is 19.3 Å². The molecule has 5 heteroatoms. The van der Waals surface area contributed by atoms with Crippen LogP contribution in [0.1, 0.15) is 17.3 Å². The van der Waals surface area contributed by atoms with E-state index in [1.807, 2.05) is 54.3 Å². The lowest BCUT2D eigenvalue weighted by atomic mass is 10.1. The van der Waals surface area contributed by atoms with Gasteiger partial charge in [-0.15, -0.1) is 0 Å². The van der Waals surface area contributed by atoms with E-state index in [9.17, 15) is 4.79 Å². The highest BCUT2D eigenvalue weighted by atomic mass is 16.5. The third kappa shape index (κ3) is 4.05. The van der Waals surface area contributed by atoms with Gasteiger partial charge in [-0.3, -0.25) is 4.79 Å². The summed E-state index contributed by atoms with van der Waals surface area (Å²) in [6, 6.07) is 15.4. The Hall–Kier alpha value is -2.69. The molecule has 1 aliphatic heterocycles. The number of methoxy groups -OCH3 is 1. The molecule has 1 fully saturated rings. The molecule has 1 amide bonds. The maximum Gasteiger partial charge on any atom is 0.253 e. The number of ether oxygens (including phenoxy) is 2. The number of hydrogen-bond donors (Lipinski definition) is 0. The van der Waals surface area contributed by atoms with E-state index in [1.165, 1.54) is 0 Å². The minimum atomic E-state index is 0.0772. The van der Waals surface area contributed by atoms with Crippen LogP contribution in [0.25, 0.3) is 0 Å². The van der Waals surface area contributed by atoms with E-state index < -0.39 is 0 Å². The Labute approximate surface area is 148 Å². The van der Waals surface area contributed by atoms with Crippen molar-refractivity contribution in [3.63, 3.8) is 0 Å². The second kappa shape index (κ2) is 7.92. The highest BCUT2D eigenvalue weighted by Gasteiger charge is 2.22. The average molecular weight is 340 g/mol. The van der Waals surface area contributed by atoms with Crippen molar-refractivity contribution in [2.75, 3.05) is 44.8 Å². The first-order valence-electron chi connectivity index (χ1n) is 8.62. The lowest BCUT2D eigenvalue weighted by Crippen LogP contribution is -2.48. The van der Waals surface area contributed by atoms with E-state index in [4.69, 9.17) is 9.47 Å². The van der Waals surface area contributed by atoms with Gasteiger partial charge in [-0.25, -0.2) is 0 Å². The van der Waals surface area contributed by atoms with Crippen LogP contribution in [0.4, 0.5) is 5.69 Å². The molecule has 0 unspecified atom stereocenters. The van der Waals surface area contributed by atoms with E-state index in [2.05, 4.69) is 11.0 Å². The fourth-order valence-electron chi connectivity index (χ4n) is 3.02. The van der Waals surface area contributed by atoms with Gasteiger partial charge in [0.05, 0.1) is 13.7 Å². The fraction of sp³-hybridized carbons (Fsp3) is 0.350. The molecule has 2 aromatic rings. The zero-order valence-corrected chi connectivity index (χ0v) is 14.8. The molecule has 2 aromatic carbocycles. The molecule has 5 nitrogen and oxygen atoms in total. The number of rotatable bonds is 5. The van der Waals surface area contributed by atoms with Crippen molar-refractivity contribution >= 4 is 11.6 Å². The van der Waals surface area contributed by atoms with Crippen LogP contribution in [-0.2, 0) is 0 Å². The Morgan fingerprint density at radius 3 is 2.36 bits per heavy atom. The van der Waals surface area contributed by atoms with Crippen LogP contribution >= 0.6 is 0 Å². The molecule has 1 saturated heterocycles.